The number of hydrogen-bond acceptors (Lipinski definition) is 4. The van der Waals surface area contributed by atoms with E-state index >= 15 is 0 Å². The van der Waals surface area contributed by atoms with Crippen LogP contribution < -0.4 is 15.5 Å². The first kappa shape index (κ1) is 15.9. The second kappa shape index (κ2) is 7.02. The lowest BCUT2D eigenvalue weighted by Crippen LogP contribution is -2.35. The zero-order chi connectivity index (χ0) is 15.4. The fourth-order valence-corrected chi connectivity index (χ4v) is 2.73. The first-order chi connectivity index (χ1) is 9.94. The van der Waals surface area contributed by atoms with Crippen LogP contribution in [0.25, 0.3) is 0 Å². The second-order valence-corrected chi connectivity index (χ2v) is 6.52. The van der Waals surface area contributed by atoms with Gasteiger partial charge in [-0.3, -0.25) is 0 Å². The molecule has 1 saturated heterocycles. The molecule has 5 nitrogen and oxygen atoms in total. The Hall–Kier alpha value is -1.43. The van der Waals surface area contributed by atoms with Gasteiger partial charge in [0, 0.05) is 30.9 Å². The number of nitrogens with one attached hydrogen (secondary N) is 2. The van der Waals surface area contributed by atoms with Gasteiger partial charge in [0.05, 0.1) is 0 Å². The summed E-state index contributed by atoms with van der Waals surface area (Å²) in [5.41, 5.74) is 0.952. The number of anilines is 2. The highest BCUT2D eigenvalue weighted by atomic mass is 32.1. The van der Waals surface area contributed by atoms with Crippen molar-refractivity contribution in [1.82, 2.24) is 15.3 Å². The number of piperidine rings is 1. The third kappa shape index (κ3) is 4.81. The third-order valence-corrected chi connectivity index (χ3v) is 3.81. The van der Waals surface area contributed by atoms with Gasteiger partial charge in [-0.25, -0.2) is 4.98 Å². The molecular weight excluding hydrogens is 282 g/mol. The highest BCUT2D eigenvalue weighted by Gasteiger charge is 2.18. The second-order valence-electron chi connectivity index (χ2n) is 6.11. The molecule has 1 aliphatic rings. The maximum atomic E-state index is 5.25. The Labute approximate surface area is 132 Å². The molecule has 0 saturated carbocycles. The van der Waals surface area contributed by atoms with E-state index in [0.29, 0.717) is 11.1 Å². The molecule has 2 heterocycles. The summed E-state index contributed by atoms with van der Waals surface area (Å²) >= 11 is 5.25. The van der Waals surface area contributed by atoms with Gasteiger partial charge in [0.1, 0.15) is 5.82 Å². The molecular formula is C15H25N5S. The Kier molecular flexibility index (Phi) is 5.33. The molecule has 2 rings (SSSR count). The molecule has 0 atom stereocenters. The van der Waals surface area contributed by atoms with E-state index in [1.165, 1.54) is 12.8 Å². The molecule has 0 unspecified atom stereocenters. The van der Waals surface area contributed by atoms with Crippen molar-refractivity contribution >= 4 is 29.1 Å². The molecule has 2 N–H and O–H groups in total. The van der Waals surface area contributed by atoms with Crippen molar-refractivity contribution in [3.63, 3.8) is 0 Å². The molecule has 1 fully saturated rings. The van der Waals surface area contributed by atoms with Gasteiger partial charge in [-0.05, 0) is 51.7 Å². The number of thiocarbonyl (C=S) groups is 1. The summed E-state index contributed by atoms with van der Waals surface area (Å²) in [7, 11) is 0. The summed E-state index contributed by atoms with van der Waals surface area (Å²) in [6, 6.07) is 2.33. The van der Waals surface area contributed by atoms with Gasteiger partial charge in [-0.15, -0.1) is 0 Å². The van der Waals surface area contributed by atoms with Crippen LogP contribution in [0.4, 0.5) is 11.8 Å². The molecule has 21 heavy (non-hydrogen) atoms. The van der Waals surface area contributed by atoms with Gasteiger partial charge >= 0.3 is 0 Å². The normalized spacial score (nSPS) is 16.1. The molecule has 0 amide bonds. The van der Waals surface area contributed by atoms with Crippen molar-refractivity contribution in [2.75, 3.05) is 23.3 Å². The van der Waals surface area contributed by atoms with Crippen LogP contribution in [-0.2, 0) is 0 Å². The fourth-order valence-electron chi connectivity index (χ4n) is 2.41. The number of hydrogen-bond donors (Lipinski definition) is 2. The highest BCUT2D eigenvalue weighted by molar-refractivity contribution is 7.80. The van der Waals surface area contributed by atoms with Crippen LogP contribution in [0.5, 0.6) is 0 Å². The molecule has 0 spiro atoms. The molecule has 0 bridgehead atoms. The van der Waals surface area contributed by atoms with Crippen LogP contribution in [0.15, 0.2) is 6.07 Å². The quantitative estimate of drug-likeness (QED) is 0.838. The van der Waals surface area contributed by atoms with E-state index in [1.54, 1.807) is 0 Å². The molecule has 0 radical (unpaired) electrons. The first-order valence-corrected chi connectivity index (χ1v) is 8.03. The van der Waals surface area contributed by atoms with Gasteiger partial charge in [-0.2, -0.15) is 4.98 Å². The molecule has 1 aliphatic heterocycles. The minimum atomic E-state index is 0.290. The van der Waals surface area contributed by atoms with E-state index in [4.69, 9.17) is 12.2 Å². The average Bonchev–Trinajstić information content (AvgIpc) is 2.37. The summed E-state index contributed by atoms with van der Waals surface area (Å²) < 4.78 is 0. The lowest BCUT2D eigenvalue weighted by Gasteiger charge is -2.31. The Morgan fingerprint density at radius 3 is 2.62 bits per heavy atom. The number of nitrogens with zero attached hydrogens (tertiary/aromatic N) is 3. The topological polar surface area (TPSA) is 53.1 Å². The van der Waals surface area contributed by atoms with Gasteiger partial charge in [0.25, 0.3) is 0 Å². The maximum Gasteiger partial charge on any atom is 0.231 e. The minimum Gasteiger partial charge on any atom is -0.360 e. The van der Waals surface area contributed by atoms with E-state index in [2.05, 4.69) is 32.4 Å². The van der Waals surface area contributed by atoms with Gasteiger partial charge in [0.2, 0.25) is 5.95 Å². The number of rotatable bonds is 3. The van der Waals surface area contributed by atoms with E-state index in [9.17, 15) is 0 Å². The fraction of sp³-hybridized carbons (Fsp3) is 0.667. The third-order valence-electron chi connectivity index (χ3n) is 3.59. The Balaban J connectivity index is 2.08. The Morgan fingerprint density at radius 2 is 2.00 bits per heavy atom. The summed E-state index contributed by atoms with van der Waals surface area (Å²) in [5, 5.41) is 6.78. The highest BCUT2D eigenvalue weighted by Crippen LogP contribution is 2.22. The van der Waals surface area contributed by atoms with Crippen molar-refractivity contribution in [1.29, 1.82) is 0 Å². The van der Waals surface area contributed by atoms with E-state index < -0.39 is 0 Å². The molecule has 6 heteroatoms. The Bertz CT molecular complexity index is 495. The first-order valence-electron chi connectivity index (χ1n) is 7.62. The molecule has 1 aromatic heterocycles. The summed E-state index contributed by atoms with van der Waals surface area (Å²) in [6.07, 6.45) is 2.44. The lowest BCUT2D eigenvalue weighted by molar-refractivity contribution is 0.436. The van der Waals surface area contributed by atoms with Crippen LogP contribution in [-0.4, -0.2) is 34.2 Å². The summed E-state index contributed by atoms with van der Waals surface area (Å²) in [6.45, 7) is 10.5. The van der Waals surface area contributed by atoms with Crippen LogP contribution in [0, 0.1) is 12.8 Å². The minimum absolute atomic E-state index is 0.290. The van der Waals surface area contributed by atoms with Crippen LogP contribution in [0.1, 0.15) is 39.3 Å². The summed E-state index contributed by atoms with van der Waals surface area (Å²) in [5.74, 6) is 2.37. The van der Waals surface area contributed by atoms with Crippen LogP contribution in [0.2, 0.25) is 0 Å². The zero-order valence-electron chi connectivity index (χ0n) is 13.3. The largest absolute Gasteiger partial charge is 0.360 e. The standard InChI is InChI=1S/C15H25N5S/c1-10(2)16-15(21)19-14-17-12(4)9-13(18-14)20-7-5-11(3)6-8-20/h9-11H,5-8H2,1-4H3,(H2,16,17,18,19,21). The SMILES string of the molecule is Cc1cc(N2CCC(C)CC2)nc(NC(=S)NC(C)C)n1. The number of aryl methyl sites for hydroxylation is 1. The van der Waals surface area contributed by atoms with Crippen molar-refractivity contribution in [3.05, 3.63) is 11.8 Å². The van der Waals surface area contributed by atoms with Crippen LogP contribution >= 0.6 is 12.2 Å². The maximum absolute atomic E-state index is 5.25. The van der Waals surface area contributed by atoms with E-state index in [-0.39, 0.29) is 6.04 Å². The van der Waals surface area contributed by atoms with Crippen molar-refractivity contribution < 1.29 is 0 Å². The van der Waals surface area contributed by atoms with E-state index in [0.717, 1.165) is 30.5 Å². The predicted octanol–water partition coefficient (Wildman–Crippen LogP) is 2.72. The smallest absolute Gasteiger partial charge is 0.231 e. The average molecular weight is 307 g/mol. The van der Waals surface area contributed by atoms with Crippen molar-refractivity contribution in [2.24, 2.45) is 5.92 Å². The van der Waals surface area contributed by atoms with Gasteiger partial charge in [0.15, 0.2) is 5.11 Å². The zero-order valence-corrected chi connectivity index (χ0v) is 14.1. The number of aromatic nitrogens is 2. The molecule has 0 aromatic carbocycles. The van der Waals surface area contributed by atoms with Gasteiger partial charge in [-0.1, -0.05) is 6.92 Å². The predicted molar refractivity (Wildman–Crippen MR) is 91.9 cm³/mol. The molecule has 116 valence electrons. The molecule has 0 aliphatic carbocycles. The van der Waals surface area contributed by atoms with Crippen LogP contribution in [0.3, 0.4) is 0 Å². The van der Waals surface area contributed by atoms with Crippen molar-refractivity contribution in [3.8, 4) is 0 Å². The molecule has 1 aromatic rings. The van der Waals surface area contributed by atoms with Crippen molar-refractivity contribution in [2.45, 2.75) is 46.6 Å². The summed E-state index contributed by atoms with van der Waals surface area (Å²) in [4.78, 5) is 11.4. The van der Waals surface area contributed by atoms with Gasteiger partial charge < -0.3 is 15.5 Å². The Morgan fingerprint density at radius 1 is 1.33 bits per heavy atom. The van der Waals surface area contributed by atoms with E-state index in [1.807, 2.05) is 26.8 Å². The lowest BCUT2D eigenvalue weighted by atomic mass is 9.99. The monoisotopic (exact) mass is 307 g/mol.